The van der Waals surface area contributed by atoms with E-state index in [2.05, 4.69) is 26.2 Å². The Kier molecular flexibility index (Phi) is 3.86. The Morgan fingerprint density at radius 1 is 1.76 bits per heavy atom. The highest BCUT2D eigenvalue weighted by Crippen LogP contribution is 2.21. The van der Waals surface area contributed by atoms with E-state index in [1.165, 1.54) is 0 Å². The summed E-state index contributed by atoms with van der Waals surface area (Å²) >= 11 is 3.29. The van der Waals surface area contributed by atoms with Crippen LogP contribution in [0.25, 0.3) is 0 Å². The van der Waals surface area contributed by atoms with E-state index in [4.69, 9.17) is 9.47 Å². The lowest BCUT2D eigenvalue weighted by molar-refractivity contribution is -0.0149. The molecule has 0 saturated carbocycles. The monoisotopic (exact) mass is 302 g/mol. The van der Waals surface area contributed by atoms with Crippen molar-refractivity contribution in [2.75, 3.05) is 26.9 Å². The van der Waals surface area contributed by atoms with Crippen molar-refractivity contribution in [1.29, 1.82) is 0 Å². The average Bonchev–Trinajstić information content (AvgIpc) is 2.95. The van der Waals surface area contributed by atoms with Gasteiger partial charge in [0, 0.05) is 37.4 Å². The molecule has 1 aromatic heterocycles. The number of halogens is 1. The minimum Gasteiger partial charge on any atom is -0.378 e. The van der Waals surface area contributed by atoms with Gasteiger partial charge in [0.25, 0.3) is 5.91 Å². The van der Waals surface area contributed by atoms with Gasteiger partial charge in [-0.25, -0.2) is 0 Å². The molecular formula is C11H15BrN2O3. The third-order valence-electron chi connectivity index (χ3n) is 2.96. The first-order valence-electron chi connectivity index (χ1n) is 5.40. The summed E-state index contributed by atoms with van der Waals surface area (Å²) in [6.07, 6.45) is 2.53. The fraction of sp³-hybridized carbons (Fsp3) is 0.545. The van der Waals surface area contributed by atoms with Crippen molar-refractivity contribution < 1.29 is 14.3 Å². The number of ether oxygens (including phenoxy) is 2. The summed E-state index contributed by atoms with van der Waals surface area (Å²) in [5, 5.41) is 2.85. The van der Waals surface area contributed by atoms with Crippen LogP contribution in [0.1, 0.15) is 16.9 Å². The summed E-state index contributed by atoms with van der Waals surface area (Å²) in [5.41, 5.74) is 0.154. The number of aromatic nitrogens is 1. The average molecular weight is 303 g/mol. The molecule has 2 N–H and O–H groups in total. The summed E-state index contributed by atoms with van der Waals surface area (Å²) < 4.78 is 11.6. The number of nitrogens with one attached hydrogen (secondary N) is 2. The van der Waals surface area contributed by atoms with Crippen molar-refractivity contribution in [3.8, 4) is 0 Å². The maximum absolute atomic E-state index is 11.8. The van der Waals surface area contributed by atoms with Crippen LogP contribution in [-0.2, 0) is 9.47 Å². The smallest absolute Gasteiger partial charge is 0.267 e. The van der Waals surface area contributed by atoms with Crippen LogP contribution in [-0.4, -0.2) is 43.4 Å². The standard InChI is InChI=1S/C11H15BrN2O3/c1-16-11(2-3-17-7-11)6-14-10(15)9-4-8(12)5-13-9/h4-5,13H,2-3,6-7H2,1H3,(H,14,15). The van der Waals surface area contributed by atoms with Gasteiger partial charge in [-0.15, -0.1) is 0 Å². The molecule has 0 bridgehead atoms. The first-order valence-corrected chi connectivity index (χ1v) is 6.19. The Bertz CT molecular complexity index is 399. The van der Waals surface area contributed by atoms with E-state index in [9.17, 15) is 4.79 Å². The third kappa shape index (κ3) is 2.88. The maximum atomic E-state index is 11.8. The molecule has 6 heteroatoms. The summed E-state index contributed by atoms with van der Waals surface area (Å²) in [5.74, 6) is -0.140. The number of methoxy groups -OCH3 is 1. The largest absolute Gasteiger partial charge is 0.378 e. The molecule has 1 unspecified atom stereocenters. The van der Waals surface area contributed by atoms with Crippen LogP contribution < -0.4 is 5.32 Å². The number of H-pyrrole nitrogens is 1. The zero-order valence-corrected chi connectivity index (χ0v) is 11.2. The quantitative estimate of drug-likeness (QED) is 0.881. The van der Waals surface area contributed by atoms with Crippen molar-refractivity contribution in [1.82, 2.24) is 10.3 Å². The van der Waals surface area contributed by atoms with E-state index < -0.39 is 0 Å². The van der Waals surface area contributed by atoms with E-state index in [-0.39, 0.29) is 11.5 Å². The van der Waals surface area contributed by atoms with Crippen molar-refractivity contribution in [3.63, 3.8) is 0 Å². The molecule has 2 rings (SSSR count). The molecule has 17 heavy (non-hydrogen) atoms. The van der Waals surface area contributed by atoms with Crippen molar-refractivity contribution in [2.24, 2.45) is 0 Å². The lowest BCUT2D eigenvalue weighted by Gasteiger charge is -2.25. The molecule has 1 aromatic rings. The van der Waals surface area contributed by atoms with Gasteiger partial charge in [-0.2, -0.15) is 0 Å². The number of amides is 1. The number of carbonyl (C=O) groups is 1. The van der Waals surface area contributed by atoms with Gasteiger partial charge in [-0.05, 0) is 22.0 Å². The minimum atomic E-state index is -0.376. The van der Waals surface area contributed by atoms with Crippen molar-refractivity contribution in [3.05, 3.63) is 22.4 Å². The molecular weight excluding hydrogens is 288 g/mol. The van der Waals surface area contributed by atoms with E-state index in [1.54, 1.807) is 19.4 Å². The van der Waals surface area contributed by atoms with Gasteiger partial charge in [0.05, 0.1) is 6.61 Å². The Morgan fingerprint density at radius 2 is 2.59 bits per heavy atom. The molecule has 1 fully saturated rings. The molecule has 2 heterocycles. The Hall–Kier alpha value is -0.850. The maximum Gasteiger partial charge on any atom is 0.267 e. The van der Waals surface area contributed by atoms with Crippen LogP contribution in [0.15, 0.2) is 16.7 Å². The molecule has 1 aliphatic heterocycles. The van der Waals surface area contributed by atoms with E-state index >= 15 is 0 Å². The fourth-order valence-corrected chi connectivity index (χ4v) is 2.14. The summed E-state index contributed by atoms with van der Waals surface area (Å²) in [6.45, 7) is 1.66. The van der Waals surface area contributed by atoms with Gasteiger partial charge >= 0.3 is 0 Å². The molecule has 1 saturated heterocycles. The highest BCUT2D eigenvalue weighted by Gasteiger charge is 2.35. The lowest BCUT2D eigenvalue weighted by atomic mass is 10.0. The fourth-order valence-electron chi connectivity index (χ4n) is 1.80. The topological polar surface area (TPSA) is 63.3 Å². The molecule has 94 valence electrons. The predicted molar refractivity (Wildman–Crippen MR) is 66.0 cm³/mol. The number of rotatable bonds is 4. The molecule has 0 aliphatic carbocycles. The van der Waals surface area contributed by atoms with Gasteiger partial charge in [0.15, 0.2) is 0 Å². The van der Waals surface area contributed by atoms with Crippen molar-refractivity contribution in [2.45, 2.75) is 12.0 Å². The highest BCUT2D eigenvalue weighted by atomic mass is 79.9. The molecule has 1 aliphatic rings. The first-order chi connectivity index (χ1) is 8.15. The van der Waals surface area contributed by atoms with Crippen LogP contribution in [0.3, 0.4) is 0 Å². The number of hydrogen-bond donors (Lipinski definition) is 2. The van der Waals surface area contributed by atoms with Gasteiger partial charge in [-0.3, -0.25) is 4.79 Å². The minimum absolute atomic E-state index is 0.140. The zero-order chi connectivity index (χ0) is 12.3. The summed E-state index contributed by atoms with van der Waals surface area (Å²) in [7, 11) is 1.64. The van der Waals surface area contributed by atoms with Crippen LogP contribution in [0, 0.1) is 0 Å². The Morgan fingerprint density at radius 3 is 3.12 bits per heavy atom. The van der Waals surface area contributed by atoms with Gasteiger partial charge < -0.3 is 19.8 Å². The molecule has 0 radical (unpaired) electrons. The Labute approximate surface area is 108 Å². The second-order valence-electron chi connectivity index (χ2n) is 4.10. The molecule has 0 spiro atoms. The number of carbonyl (C=O) groups excluding carboxylic acids is 1. The molecule has 5 nitrogen and oxygen atoms in total. The first kappa shape index (κ1) is 12.6. The summed E-state index contributed by atoms with van der Waals surface area (Å²) in [6, 6.07) is 1.74. The second-order valence-corrected chi connectivity index (χ2v) is 5.02. The third-order valence-corrected chi connectivity index (χ3v) is 3.42. The normalized spacial score (nSPS) is 23.9. The van der Waals surface area contributed by atoms with Gasteiger partial charge in [0.2, 0.25) is 0 Å². The van der Waals surface area contributed by atoms with Gasteiger partial charge in [-0.1, -0.05) is 0 Å². The predicted octanol–water partition coefficient (Wildman–Crippen LogP) is 1.31. The van der Waals surface area contributed by atoms with E-state index in [1.807, 2.05) is 0 Å². The van der Waals surface area contributed by atoms with Crippen LogP contribution in [0.5, 0.6) is 0 Å². The van der Waals surface area contributed by atoms with E-state index in [0.29, 0.717) is 25.5 Å². The summed E-state index contributed by atoms with van der Waals surface area (Å²) in [4.78, 5) is 14.7. The van der Waals surface area contributed by atoms with Crippen LogP contribution in [0.2, 0.25) is 0 Å². The SMILES string of the molecule is COC1(CNC(=O)c2cc(Br)c[nH]2)CCOC1. The molecule has 1 atom stereocenters. The lowest BCUT2D eigenvalue weighted by Crippen LogP contribution is -2.45. The van der Waals surface area contributed by atoms with Crippen LogP contribution >= 0.6 is 15.9 Å². The molecule has 0 aromatic carbocycles. The Balaban J connectivity index is 1.91. The van der Waals surface area contributed by atoms with Gasteiger partial charge in [0.1, 0.15) is 11.3 Å². The number of hydrogen-bond acceptors (Lipinski definition) is 3. The number of aromatic amines is 1. The van der Waals surface area contributed by atoms with Crippen LogP contribution in [0.4, 0.5) is 0 Å². The molecule has 1 amide bonds. The second kappa shape index (κ2) is 5.20. The zero-order valence-electron chi connectivity index (χ0n) is 9.59. The highest BCUT2D eigenvalue weighted by molar-refractivity contribution is 9.10. The van der Waals surface area contributed by atoms with Crippen molar-refractivity contribution >= 4 is 21.8 Å². The van der Waals surface area contributed by atoms with E-state index in [0.717, 1.165) is 10.9 Å².